The van der Waals surface area contributed by atoms with Crippen molar-refractivity contribution in [2.24, 2.45) is 0 Å². The van der Waals surface area contributed by atoms with Gasteiger partial charge in [0.2, 0.25) is 5.91 Å². The molecule has 1 saturated heterocycles. The Balaban J connectivity index is 1.54. The maximum Gasteiger partial charge on any atom is 0.255 e. The van der Waals surface area contributed by atoms with Crippen molar-refractivity contribution in [3.05, 3.63) is 58.6 Å². The third kappa shape index (κ3) is 5.67. The fourth-order valence-electron chi connectivity index (χ4n) is 3.76. The van der Waals surface area contributed by atoms with Gasteiger partial charge in [-0.05, 0) is 24.3 Å². The number of aliphatic hydroxyl groups excluding tert-OH is 1. The van der Waals surface area contributed by atoms with Gasteiger partial charge < -0.3 is 20.4 Å². The van der Waals surface area contributed by atoms with E-state index >= 15 is 0 Å². The number of benzene rings is 1. The minimum absolute atomic E-state index is 0.0517. The van der Waals surface area contributed by atoms with Gasteiger partial charge in [0.15, 0.2) is 0 Å². The van der Waals surface area contributed by atoms with Gasteiger partial charge in [-0.1, -0.05) is 37.3 Å². The second-order valence-corrected chi connectivity index (χ2v) is 8.01. The van der Waals surface area contributed by atoms with Gasteiger partial charge >= 0.3 is 0 Å². The van der Waals surface area contributed by atoms with Crippen LogP contribution in [0, 0.1) is 0 Å². The summed E-state index contributed by atoms with van der Waals surface area (Å²) in [4.78, 5) is 30.9. The summed E-state index contributed by atoms with van der Waals surface area (Å²) < 4.78 is 1.39. The first kappa shape index (κ1) is 22.0. The van der Waals surface area contributed by atoms with Crippen molar-refractivity contribution in [3.8, 4) is 0 Å². The molecule has 1 amide bonds. The topological polar surface area (TPSA) is 108 Å². The van der Waals surface area contributed by atoms with E-state index in [2.05, 4.69) is 10.3 Å². The molecular weight excluding hydrogens is 384 g/mol. The Morgan fingerprint density at radius 3 is 2.60 bits per heavy atom. The minimum Gasteiger partial charge on any atom is -0.395 e. The number of amides is 1. The van der Waals surface area contributed by atoms with Crippen LogP contribution in [-0.4, -0.2) is 62.4 Å². The zero-order valence-electron chi connectivity index (χ0n) is 17.3. The van der Waals surface area contributed by atoms with Gasteiger partial charge in [0.25, 0.3) is 5.56 Å². The van der Waals surface area contributed by atoms with Crippen LogP contribution in [0.25, 0.3) is 0 Å². The summed E-state index contributed by atoms with van der Waals surface area (Å²) in [6.07, 6.45) is 2.66. The third-order valence-corrected chi connectivity index (χ3v) is 5.66. The molecule has 0 radical (unpaired) electrons. The highest BCUT2D eigenvalue weighted by Crippen LogP contribution is 2.26. The number of aliphatic hydroxyl groups is 2. The summed E-state index contributed by atoms with van der Waals surface area (Å²) in [7, 11) is 0. The zero-order valence-corrected chi connectivity index (χ0v) is 17.3. The summed E-state index contributed by atoms with van der Waals surface area (Å²) in [6.45, 7) is 3.38. The van der Waals surface area contributed by atoms with Gasteiger partial charge in [-0.2, -0.15) is 0 Å². The van der Waals surface area contributed by atoms with E-state index < -0.39 is 5.60 Å². The Morgan fingerprint density at radius 2 is 1.97 bits per heavy atom. The van der Waals surface area contributed by atoms with E-state index in [4.69, 9.17) is 5.11 Å². The Kier molecular flexibility index (Phi) is 7.23. The standard InChI is InChI=1S/C22H30N4O4/c1-17(18-5-3-2-4-6-18)13-20(28)25-10-7-22(30,8-11-25)15-26-16-24-19(14-21(26)29)23-9-12-27/h2-6,14,16-17,23,27,30H,7-13,15H2,1H3. The summed E-state index contributed by atoms with van der Waals surface area (Å²) >= 11 is 0. The molecule has 1 aromatic heterocycles. The average molecular weight is 415 g/mol. The molecule has 0 saturated carbocycles. The largest absolute Gasteiger partial charge is 0.395 e. The van der Waals surface area contributed by atoms with Crippen molar-refractivity contribution >= 4 is 11.7 Å². The minimum atomic E-state index is -1.05. The van der Waals surface area contributed by atoms with Gasteiger partial charge in [0.1, 0.15) is 5.82 Å². The number of hydrogen-bond donors (Lipinski definition) is 3. The number of aromatic nitrogens is 2. The first-order valence-corrected chi connectivity index (χ1v) is 10.4. The van der Waals surface area contributed by atoms with Crippen LogP contribution in [0.3, 0.4) is 0 Å². The molecule has 1 aliphatic heterocycles. The van der Waals surface area contributed by atoms with Crippen LogP contribution in [0.15, 0.2) is 47.5 Å². The zero-order chi connectivity index (χ0) is 21.6. The number of carbonyl (C=O) groups excluding carboxylic acids is 1. The first-order valence-electron chi connectivity index (χ1n) is 10.4. The van der Waals surface area contributed by atoms with Crippen LogP contribution in [-0.2, 0) is 11.3 Å². The molecule has 1 aromatic carbocycles. The van der Waals surface area contributed by atoms with Gasteiger partial charge in [-0.15, -0.1) is 0 Å². The van der Waals surface area contributed by atoms with E-state index in [9.17, 15) is 14.7 Å². The number of likely N-dealkylation sites (tertiary alicyclic amines) is 1. The van der Waals surface area contributed by atoms with Gasteiger partial charge in [0.05, 0.1) is 25.1 Å². The van der Waals surface area contributed by atoms with E-state index in [0.29, 0.717) is 44.7 Å². The van der Waals surface area contributed by atoms with Gasteiger partial charge in [-0.3, -0.25) is 14.2 Å². The molecule has 1 fully saturated rings. The second kappa shape index (κ2) is 9.86. The van der Waals surface area contributed by atoms with Crippen LogP contribution >= 0.6 is 0 Å². The molecule has 2 heterocycles. The molecule has 3 N–H and O–H groups in total. The lowest BCUT2D eigenvalue weighted by Gasteiger charge is -2.38. The predicted octanol–water partition coefficient (Wildman–Crippen LogP) is 1.19. The van der Waals surface area contributed by atoms with E-state index in [1.54, 1.807) is 4.90 Å². The van der Waals surface area contributed by atoms with Crippen molar-refractivity contribution in [2.75, 3.05) is 31.6 Å². The summed E-state index contributed by atoms with van der Waals surface area (Å²) in [5.41, 5.74) is -0.176. The molecule has 0 spiro atoms. The number of hydrogen-bond acceptors (Lipinski definition) is 6. The van der Waals surface area contributed by atoms with E-state index in [1.807, 2.05) is 37.3 Å². The monoisotopic (exact) mass is 414 g/mol. The van der Waals surface area contributed by atoms with Crippen LogP contribution in [0.2, 0.25) is 0 Å². The lowest BCUT2D eigenvalue weighted by Crippen LogP contribution is -2.49. The Labute approximate surface area is 176 Å². The molecule has 2 aromatic rings. The van der Waals surface area contributed by atoms with E-state index in [1.165, 1.54) is 17.0 Å². The molecule has 162 valence electrons. The van der Waals surface area contributed by atoms with Crippen LogP contribution in [0.4, 0.5) is 5.82 Å². The molecule has 1 aliphatic rings. The highest BCUT2D eigenvalue weighted by atomic mass is 16.3. The van der Waals surface area contributed by atoms with Crippen molar-refractivity contribution in [1.82, 2.24) is 14.5 Å². The number of rotatable bonds is 8. The Hall–Kier alpha value is -2.71. The Bertz CT molecular complexity index is 892. The molecular formula is C22H30N4O4. The molecule has 8 heteroatoms. The number of nitrogens with one attached hydrogen (secondary N) is 1. The average Bonchev–Trinajstić information content (AvgIpc) is 2.75. The highest BCUT2D eigenvalue weighted by Gasteiger charge is 2.34. The molecule has 3 rings (SSSR count). The normalized spacial score (nSPS) is 16.8. The Morgan fingerprint density at radius 1 is 1.27 bits per heavy atom. The molecule has 30 heavy (non-hydrogen) atoms. The smallest absolute Gasteiger partial charge is 0.255 e. The first-order chi connectivity index (χ1) is 14.4. The number of anilines is 1. The predicted molar refractivity (Wildman–Crippen MR) is 114 cm³/mol. The maximum absolute atomic E-state index is 12.7. The lowest BCUT2D eigenvalue weighted by atomic mass is 9.90. The number of carbonyl (C=O) groups is 1. The molecule has 1 unspecified atom stereocenters. The van der Waals surface area contributed by atoms with E-state index in [0.717, 1.165) is 5.56 Å². The van der Waals surface area contributed by atoms with Gasteiger partial charge in [-0.25, -0.2) is 4.98 Å². The maximum atomic E-state index is 12.7. The lowest BCUT2D eigenvalue weighted by molar-refractivity contribution is -0.136. The van der Waals surface area contributed by atoms with Crippen molar-refractivity contribution in [1.29, 1.82) is 0 Å². The number of piperidine rings is 1. The van der Waals surface area contributed by atoms with Crippen molar-refractivity contribution < 1.29 is 15.0 Å². The molecule has 0 aliphatic carbocycles. The molecule has 8 nitrogen and oxygen atoms in total. The van der Waals surface area contributed by atoms with Crippen LogP contribution in [0.1, 0.15) is 37.7 Å². The summed E-state index contributed by atoms with van der Waals surface area (Å²) in [5.74, 6) is 0.624. The van der Waals surface area contributed by atoms with Gasteiger partial charge in [0, 0.05) is 32.1 Å². The van der Waals surface area contributed by atoms with Crippen LogP contribution in [0.5, 0.6) is 0 Å². The van der Waals surface area contributed by atoms with E-state index in [-0.39, 0.29) is 30.5 Å². The summed E-state index contributed by atoms with van der Waals surface area (Å²) in [6, 6.07) is 11.3. The molecule has 1 atom stereocenters. The number of nitrogens with zero attached hydrogens (tertiary/aromatic N) is 3. The second-order valence-electron chi connectivity index (χ2n) is 8.01. The third-order valence-electron chi connectivity index (χ3n) is 5.66. The quantitative estimate of drug-likeness (QED) is 0.599. The van der Waals surface area contributed by atoms with Crippen molar-refractivity contribution in [3.63, 3.8) is 0 Å². The molecule has 0 bridgehead atoms. The SMILES string of the molecule is CC(CC(=O)N1CCC(O)(Cn2cnc(NCCO)cc2=O)CC1)c1ccccc1. The van der Waals surface area contributed by atoms with Crippen LogP contribution < -0.4 is 10.9 Å². The summed E-state index contributed by atoms with van der Waals surface area (Å²) in [5, 5.41) is 22.6. The fraction of sp³-hybridized carbons (Fsp3) is 0.500. The fourth-order valence-corrected chi connectivity index (χ4v) is 3.76. The van der Waals surface area contributed by atoms with Crippen molar-refractivity contribution in [2.45, 2.75) is 44.2 Å². The highest BCUT2D eigenvalue weighted by molar-refractivity contribution is 5.77.